The molecule has 1 saturated heterocycles. The van der Waals surface area contributed by atoms with Gasteiger partial charge in [-0.15, -0.1) is 10.2 Å². The third-order valence-corrected chi connectivity index (χ3v) is 8.55. The second-order valence-electron chi connectivity index (χ2n) is 9.45. The highest BCUT2D eigenvalue weighted by atomic mass is 32.2. The van der Waals surface area contributed by atoms with Crippen LogP contribution in [0.15, 0.2) is 29.4 Å². The summed E-state index contributed by atoms with van der Waals surface area (Å²) in [7, 11) is 2.08. The molecule has 0 radical (unpaired) electrons. The average molecular weight is 451 g/mol. The molecular formula is C23H29F3N4S. The summed E-state index contributed by atoms with van der Waals surface area (Å²) in [6.45, 7) is 3.05. The van der Waals surface area contributed by atoms with Crippen molar-refractivity contribution in [3.63, 3.8) is 0 Å². The summed E-state index contributed by atoms with van der Waals surface area (Å²) in [6.07, 6.45) is 2.97. The van der Waals surface area contributed by atoms with E-state index in [1.54, 1.807) is 23.9 Å². The van der Waals surface area contributed by atoms with Gasteiger partial charge < -0.3 is 9.47 Å². The number of likely N-dealkylation sites (tertiary alicyclic amines) is 1. The molecule has 1 aliphatic heterocycles. The molecule has 0 N–H and O–H groups in total. The molecule has 1 aromatic heterocycles. The van der Waals surface area contributed by atoms with Gasteiger partial charge in [0.25, 0.3) is 0 Å². The first-order valence-corrected chi connectivity index (χ1v) is 12.3. The van der Waals surface area contributed by atoms with Gasteiger partial charge >= 0.3 is 6.18 Å². The first-order chi connectivity index (χ1) is 14.9. The smallest absolute Gasteiger partial charge is 0.309 e. The van der Waals surface area contributed by atoms with E-state index >= 15 is 0 Å². The summed E-state index contributed by atoms with van der Waals surface area (Å²) in [5.41, 5.74) is 0.592. The van der Waals surface area contributed by atoms with Crippen molar-refractivity contribution in [3.05, 3.63) is 41.2 Å². The Balaban J connectivity index is 1.10. The third-order valence-electron chi connectivity index (χ3n) is 7.44. The number of thioether (sulfide) groups is 1. The molecule has 2 heterocycles. The van der Waals surface area contributed by atoms with Gasteiger partial charge in [0.05, 0.1) is 5.56 Å². The Morgan fingerprint density at radius 2 is 1.87 bits per heavy atom. The number of piperidine rings is 1. The molecule has 4 nitrogen and oxygen atoms in total. The standard InChI is InChI=1S/C23H29F3N4S/c1-29-20(16-5-2-3-6-16)27-28-21(29)31-12-4-11-30-14-19-13-22(19,15-30)17-7-9-18(10-8-17)23(24,25)26/h7-10,16,19H,2-6,11-15H2,1H3/t19-,22+/m0/s1. The summed E-state index contributed by atoms with van der Waals surface area (Å²) in [5.74, 6) is 3.30. The summed E-state index contributed by atoms with van der Waals surface area (Å²) in [5, 5.41) is 9.86. The second kappa shape index (κ2) is 8.10. The van der Waals surface area contributed by atoms with Gasteiger partial charge in [-0.25, -0.2) is 0 Å². The van der Waals surface area contributed by atoms with E-state index in [9.17, 15) is 13.2 Å². The minimum absolute atomic E-state index is 0.0804. The van der Waals surface area contributed by atoms with E-state index in [1.165, 1.54) is 37.8 Å². The molecular weight excluding hydrogens is 421 g/mol. The molecule has 1 aromatic carbocycles. The van der Waals surface area contributed by atoms with Crippen LogP contribution >= 0.6 is 11.8 Å². The van der Waals surface area contributed by atoms with E-state index < -0.39 is 11.7 Å². The largest absolute Gasteiger partial charge is 0.416 e. The number of nitrogens with zero attached hydrogens (tertiary/aromatic N) is 4. The van der Waals surface area contributed by atoms with Gasteiger partial charge in [-0.3, -0.25) is 0 Å². The normalized spacial score (nSPS) is 26.5. The van der Waals surface area contributed by atoms with E-state index in [1.807, 2.05) is 0 Å². The highest BCUT2D eigenvalue weighted by Gasteiger charge is 2.60. The van der Waals surface area contributed by atoms with Crippen molar-refractivity contribution in [2.75, 3.05) is 25.4 Å². The van der Waals surface area contributed by atoms with E-state index in [2.05, 4.69) is 26.7 Å². The number of halogens is 3. The fourth-order valence-electron chi connectivity index (χ4n) is 5.64. The Morgan fingerprint density at radius 3 is 2.58 bits per heavy atom. The van der Waals surface area contributed by atoms with Crippen molar-refractivity contribution in [2.45, 2.75) is 61.2 Å². The number of fused-ring (bicyclic) bond motifs is 1. The molecule has 168 valence electrons. The van der Waals surface area contributed by atoms with Crippen LogP contribution in [-0.4, -0.2) is 45.1 Å². The minimum Gasteiger partial charge on any atom is -0.309 e. The first kappa shape index (κ1) is 21.3. The number of aromatic nitrogens is 3. The lowest BCUT2D eigenvalue weighted by Gasteiger charge is -2.21. The molecule has 3 aliphatic rings. The zero-order valence-corrected chi connectivity index (χ0v) is 18.7. The Morgan fingerprint density at radius 1 is 1.13 bits per heavy atom. The molecule has 0 spiro atoms. The van der Waals surface area contributed by atoms with Crippen molar-refractivity contribution in [2.24, 2.45) is 13.0 Å². The van der Waals surface area contributed by atoms with Crippen molar-refractivity contribution in [3.8, 4) is 0 Å². The molecule has 0 bridgehead atoms. The lowest BCUT2D eigenvalue weighted by Crippen LogP contribution is -2.28. The van der Waals surface area contributed by atoms with E-state index in [0.29, 0.717) is 11.8 Å². The highest BCUT2D eigenvalue weighted by Crippen LogP contribution is 2.59. The Kier molecular flexibility index (Phi) is 5.57. The average Bonchev–Trinajstić information content (AvgIpc) is 3.15. The van der Waals surface area contributed by atoms with Crippen molar-refractivity contribution < 1.29 is 13.2 Å². The van der Waals surface area contributed by atoms with E-state index in [4.69, 9.17) is 0 Å². The summed E-state index contributed by atoms with van der Waals surface area (Å²) in [4.78, 5) is 2.48. The second-order valence-corrected chi connectivity index (χ2v) is 10.5. The fraction of sp³-hybridized carbons (Fsp3) is 0.652. The van der Waals surface area contributed by atoms with Crippen LogP contribution in [0.2, 0.25) is 0 Å². The Hall–Kier alpha value is -1.54. The zero-order valence-electron chi connectivity index (χ0n) is 17.9. The lowest BCUT2D eigenvalue weighted by atomic mass is 9.94. The maximum Gasteiger partial charge on any atom is 0.416 e. The molecule has 2 atom stereocenters. The van der Waals surface area contributed by atoms with Crippen LogP contribution in [-0.2, 0) is 18.6 Å². The Bertz CT molecular complexity index is 920. The molecule has 2 aromatic rings. The van der Waals surface area contributed by atoms with Crippen molar-refractivity contribution in [1.29, 1.82) is 0 Å². The van der Waals surface area contributed by atoms with Gasteiger partial charge in [0.2, 0.25) is 0 Å². The number of rotatable bonds is 7. The van der Waals surface area contributed by atoms with Gasteiger partial charge in [0, 0.05) is 37.2 Å². The van der Waals surface area contributed by atoms with Crippen molar-refractivity contribution >= 4 is 11.8 Å². The predicted molar refractivity (Wildman–Crippen MR) is 115 cm³/mol. The molecule has 2 aliphatic carbocycles. The molecule has 5 rings (SSSR count). The van der Waals surface area contributed by atoms with Crippen LogP contribution in [0.1, 0.15) is 61.4 Å². The SMILES string of the molecule is Cn1c(SCCCN2C[C@@H]3C[C@]3(c3ccc(C(F)(F)F)cc3)C2)nnc1C1CCCC1. The summed E-state index contributed by atoms with van der Waals surface area (Å²) >= 11 is 1.78. The van der Waals surface area contributed by atoms with Crippen LogP contribution in [0.4, 0.5) is 13.2 Å². The zero-order chi connectivity index (χ0) is 21.6. The molecule has 0 unspecified atom stereocenters. The number of hydrogen-bond donors (Lipinski definition) is 0. The molecule has 8 heteroatoms. The van der Waals surface area contributed by atoms with E-state index in [-0.39, 0.29) is 5.41 Å². The van der Waals surface area contributed by atoms with Gasteiger partial charge in [-0.1, -0.05) is 36.7 Å². The number of benzene rings is 1. The van der Waals surface area contributed by atoms with Gasteiger partial charge in [-0.05, 0) is 55.8 Å². The third kappa shape index (κ3) is 4.13. The maximum atomic E-state index is 12.8. The number of hydrogen-bond acceptors (Lipinski definition) is 4. The van der Waals surface area contributed by atoms with Gasteiger partial charge in [-0.2, -0.15) is 13.2 Å². The van der Waals surface area contributed by atoms with Crippen LogP contribution < -0.4 is 0 Å². The minimum atomic E-state index is -4.26. The van der Waals surface area contributed by atoms with Crippen LogP contribution in [0.5, 0.6) is 0 Å². The topological polar surface area (TPSA) is 34.0 Å². The monoisotopic (exact) mass is 450 g/mol. The quantitative estimate of drug-likeness (QED) is 0.426. The Labute approximate surface area is 185 Å². The fourth-order valence-corrected chi connectivity index (χ4v) is 6.48. The van der Waals surface area contributed by atoms with Crippen LogP contribution in [0, 0.1) is 5.92 Å². The molecule has 2 saturated carbocycles. The molecule has 3 fully saturated rings. The van der Waals surface area contributed by atoms with Gasteiger partial charge in [0.1, 0.15) is 5.82 Å². The summed E-state index contributed by atoms with van der Waals surface area (Å²) < 4.78 is 40.7. The lowest BCUT2D eigenvalue weighted by molar-refractivity contribution is -0.137. The van der Waals surface area contributed by atoms with Crippen LogP contribution in [0.3, 0.4) is 0 Å². The van der Waals surface area contributed by atoms with E-state index in [0.717, 1.165) is 54.8 Å². The first-order valence-electron chi connectivity index (χ1n) is 11.3. The molecule has 31 heavy (non-hydrogen) atoms. The van der Waals surface area contributed by atoms with Gasteiger partial charge in [0.15, 0.2) is 5.16 Å². The summed E-state index contributed by atoms with van der Waals surface area (Å²) in [6, 6.07) is 5.86. The molecule has 0 amide bonds. The number of alkyl halides is 3. The van der Waals surface area contributed by atoms with Crippen LogP contribution in [0.25, 0.3) is 0 Å². The van der Waals surface area contributed by atoms with Crippen molar-refractivity contribution in [1.82, 2.24) is 19.7 Å². The maximum absolute atomic E-state index is 12.8. The highest BCUT2D eigenvalue weighted by molar-refractivity contribution is 7.99. The predicted octanol–water partition coefficient (Wildman–Crippen LogP) is 5.25.